The highest BCUT2D eigenvalue weighted by molar-refractivity contribution is 5.96. The van der Waals surface area contributed by atoms with Crippen LogP contribution in [0, 0.1) is 5.92 Å². The predicted molar refractivity (Wildman–Crippen MR) is 58.1 cm³/mol. The maximum Gasteiger partial charge on any atom is 0.245 e. The molecular weight excluding hydrogens is 192 g/mol. The van der Waals surface area contributed by atoms with Crippen LogP contribution in [-0.4, -0.2) is 35.3 Å². The zero-order chi connectivity index (χ0) is 11.6. The number of amides is 2. The average Bonchev–Trinajstić information content (AvgIpc) is 2.13. The summed E-state index contributed by atoms with van der Waals surface area (Å²) in [5, 5.41) is 2.68. The van der Waals surface area contributed by atoms with E-state index in [1.54, 1.807) is 17.9 Å². The lowest BCUT2D eigenvalue weighted by atomic mass is 9.97. The average molecular weight is 210 g/mol. The summed E-state index contributed by atoms with van der Waals surface area (Å²) in [6.45, 7) is 9.61. The lowest BCUT2D eigenvalue weighted by Gasteiger charge is -2.39. The van der Waals surface area contributed by atoms with Gasteiger partial charge in [-0.05, 0) is 12.8 Å². The molecular formula is C11H18N2O2. The Kier molecular flexibility index (Phi) is 3.50. The van der Waals surface area contributed by atoms with E-state index in [2.05, 4.69) is 11.9 Å². The fourth-order valence-corrected chi connectivity index (χ4v) is 1.89. The third-order valence-corrected chi connectivity index (χ3v) is 2.57. The standard InChI is InChI=1S/C11H18N2O2/c1-5-6-13-9(7(2)3)10(14)12-8(4)11(13)15/h5,7-9H,1,6H2,2-4H3,(H,12,14). The molecule has 4 nitrogen and oxygen atoms in total. The van der Waals surface area contributed by atoms with E-state index in [4.69, 9.17) is 0 Å². The van der Waals surface area contributed by atoms with Crippen molar-refractivity contribution in [3.05, 3.63) is 12.7 Å². The first-order chi connectivity index (χ1) is 6.99. The molecule has 0 aromatic heterocycles. The summed E-state index contributed by atoms with van der Waals surface area (Å²) in [6, 6.07) is -0.792. The van der Waals surface area contributed by atoms with E-state index >= 15 is 0 Å². The van der Waals surface area contributed by atoms with Crippen LogP contribution in [0.5, 0.6) is 0 Å². The zero-order valence-corrected chi connectivity index (χ0v) is 9.49. The fourth-order valence-electron chi connectivity index (χ4n) is 1.89. The molecule has 0 saturated carbocycles. The number of carbonyl (C=O) groups excluding carboxylic acids is 2. The van der Waals surface area contributed by atoms with Crippen molar-refractivity contribution < 1.29 is 9.59 Å². The Morgan fingerprint density at radius 3 is 2.60 bits per heavy atom. The second-order valence-electron chi connectivity index (χ2n) is 4.20. The van der Waals surface area contributed by atoms with E-state index < -0.39 is 6.04 Å². The Morgan fingerprint density at radius 2 is 2.13 bits per heavy atom. The van der Waals surface area contributed by atoms with E-state index in [-0.39, 0.29) is 23.8 Å². The Morgan fingerprint density at radius 1 is 1.53 bits per heavy atom. The summed E-state index contributed by atoms with van der Waals surface area (Å²) < 4.78 is 0. The van der Waals surface area contributed by atoms with Crippen LogP contribution in [0.3, 0.4) is 0 Å². The van der Waals surface area contributed by atoms with Crippen LogP contribution in [0.15, 0.2) is 12.7 Å². The van der Waals surface area contributed by atoms with Gasteiger partial charge in [0.1, 0.15) is 12.1 Å². The number of rotatable bonds is 3. The minimum absolute atomic E-state index is 0.0341. The van der Waals surface area contributed by atoms with Gasteiger partial charge in [0, 0.05) is 6.54 Å². The second-order valence-corrected chi connectivity index (χ2v) is 4.20. The minimum atomic E-state index is -0.424. The summed E-state index contributed by atoms with van der Waals surface area (Å²) in [7, 11) is 0. The normalized spacial score (nSPS) is 26.8. The highest BCUT2D eigenvalue weighted by Gasteiger charge is 2.39. The van der Waals surface area contributed by atoms with Crippen LogP contribution in [0.2, 0.25) is 0 Å². The van der Waals surface area contributed by atoms with Crippen LogP contribution in [0.4, 0.5) is 0 Å². The highest BCUT2D eigenvalue weighted by atomic mass is 16.2. The molecule has 1 rings (SSSR count). The Hall–Kier alpha value is -1.32. The van der Waals surface area contributed by atoms with Gasteiger partial charge in [-0.15, -0.1) is 6.58 Å². The number of nitrogens with zero attached hydrogens (tertiary/aromatic N) is 1. The van der Waals surface area contributed by atoms with Crippen molar-refractivity contribution in [2.24, 2.45) is 5.92 Å². The highest BCUT2D eigenvalue weighted by Crippen LogP contribution is 2.16. The van der Waals surface area contributed by atoms with E-state index in [9.17, 15) is 9.59 Å². The van der Waals surface area contributed by atoms with Gasteiger partial charge in [-0.25, -0.2) is 0 Å². The zero-order valence-electron chi connectivity index (χ0n) is 9.49. The lowest BCUT2D eigenvalue weighted by molar-refractivity contribution is -0.149. The Bertz CT molecular complexity index is 286. The van der Waals surface area contributed by atoms with Crippen molar-refractivity contribution in [3.8, 4) is 0 Å². The van der Waals surface area contributed by atoms with Crippen molar-refractivity contribution in [2.45, 2.75) is 32.9 Å². The number of carbonyl (C=O) groups is 2. The molecule has 1 saturated heterocycles. The fraction of sp³-hybridized carbons (Fsp3) is 0.636. The van der Waals surface area contributed by atoms with Crippen molar-refractivity contribution in [1.82, 2.24) is 10.2 Å². The summed E-state index contributed by atoms with van der Waals surface area (Å²) in [4.78, 5) is 25.2. The monoisotopic (exact) mass is 210 g/mol. The Labute approximate surface area is 90.3 Å². The molecule has 1 fully saturated rings. The van der Waals surface area contributed by atoms with E-state index in [0.717, 1.165) is 0 Å². The number of hydrogen-bond acceptors (Lipinski definition) is 2. The number of hydrogen-bond donors (Lipinski definition) is 1. The molecule has 15 heavy (non-hydrogen) atoms. The maximum atomic E-state index is 11.8. The molecule has 0 aromatic carbocycles. The summed E-state index contributed by atoms with van der Waals surface area (Å²) in [6.07, 6.45) is 1.65. The summed E-state index contributed by atoms with van der Waals surface area (Å²) in [5.41, 5.74) is 0. The van der Waals surface area contributed by atoms with Crippen molar-refractivity contribution in [2.75, 3.05) is 6.54 Å². The third kappa shape index (κ3) is 2.19. The molecule has 0 aliphatic carbocycles. The quantitative estimate of drug-likeness (QED) is 0.691. The number of piperazine rings is 1. The van der Waals surface area contributed by atoms with E-state index in [1.165, 1.54) is 0 Å². The molecule has 0 aromatic rings. The van der Waals surface area contributed by atoms with Gasteiger partial charge in [-0.2, -0.15) is 0 Å². The molecule has 1 N–H and O–H groups in total. The molecule has 1 aliphatic heterocycles. The smallest absolute Gasteiger partial charge is 0.245 e. The third-order valence-electron chi connectivity index (χ3n) is 2.57. The molecule has 2 amide bonds. The van der Waals surface area contributed by atoms with E-state index in [0.29, 0.717) is 6.54 Å². The van der Waals surface area contributed by atoms with Crippen molar-refractivity contribution in [1.29, 1.82) is 0 Å². The number of nitrogens with one attached hydrogen (secondary N) is 1. The van der Waals surface area contributed by atoms with Crippen LogP contribution < -0.4 is 5.32 Å². The Balaban J connectivity index is 2.94. The molecule has 1 heterocycles. The van der Waals surface area contributed by atoms with Crippen molar-refractivity contribution >= 4 is 11.8 Å². The molecule has 0 bridgehead atoms. The molecule has 0 radical (unpaired) electrons. The first kappa shape index (κ1) is 11.8. The summed E-state index contributed by atoms with van der Waals surface area (Å²) >= 11 is 0. The first-order valence-electron chi connectivity index (χ1n) is 5.20. The van der Waals surface area contributed by atoms with Gasteiger partial charge in [0.15, 0.2) is 0 Å². The maximum absolute atomic E-state index is 11.8. The summed E-state index contributed by atoms with van der Waals surface area (Å²) in [5.74, 6) is 0.00792. The first-order valence-corrected chi connectivity index (χ1v) is 5.20. The van der Waals surface area contributed by atoms with Gasteiger partial charge in [0.2, 0.25) is 11.8 Å². The van der Waals surface area contributed by atoms with Gasteiger partial charge in [-0.1, -0.05) is 19.9 Å². The van der Waals surface area contributed by atoms with Gasteiger partial charge < -0.3 is 10.2 Å². The lowest BCUT2D eigenvalue weighted by Crippen LogP contribution is -2.63. The van der Waals surface area contributed by atoms with Gasteiger partial charge >= 0.3 is 0 Å². The van der Waals surface area contributed by atoms with Gasteiger partial charge in [-0.3, -0.25) is 9.59 Å². The van der Waals surface area contributed by atoms with Crippen LogP contribution >= 0.6 is 0 Å². The van der Waals surface area contributed by atoms with Crippen LogP contribution in [0.1, 0.15) is 20.8 Å². The molecule has 2 unspecified atom stereocenters. The minimum Gasteiger partial charge on any atom is -0.343 e. The molecule has 84 valence electrons. The molecule has 4 heteroatoms. The predicted octanol–water partition coefficient (Wildman–Crippen LogP) is 0.544. The molecule has 2 atom stereocenters. The topological polar surface area (TPSA) is 49.4 Å². The van der Waals surface area contributed by atoms with Gasteiger partial charge in [0.05, 0.1) is 0 Å². The van der Waals surface area contributed by atoms with Crippen LogP contribution in [0.25, 0.3) is 0 Å². The van der Waals surface area contributed by atoms with Crippen molar-refractivity contribution in [3.63, 3.8) is 0 Å². The second kappa shape index (κ2) is 4.47. The van der Waals surface area contributed by atoms with Crippen LogP contribution in [-0.2, 0) is 9.59 Å². The molecule has 1 aliphatic rings. The SMILES string of the molecule is C=CCN1C(=O)C(C)NC(=O)C1C(C)C. The largest absolute Gasteiger partial charge is 0.343 e. The van der Waals surface area contributed by atoms with Gasteiger partial charge in [0.25, 0.3) is 0 Å². The van der Waals surface area contributed by atoms with E-state index in [1.807, 2.05) is 13.8 Å². The molecule has 0 spiro atoms.